The molecule has 3 aromatic rings. The molecule has 0 spiro atoms. The van der Waals surface area contributed by atoms with Gasteiger partial charge >= 0.3 is 0 Å². The summed E-state index contributed by atoms with van der Waals surface area (Å²) in [6, 6.07) is 19.7. The van der Waals surface area contributed by atoms with Crippen molar-refractivity contribution >= 4 is 17.3 Å². The number of fused-ring (bicyclic) bond motifs is 3. The fraction of sp³-hybridized carbons (Fsp3) is 0.100. The number of furan rings is 1. The zero-order chi connectivity index (χ0) is 16.8. The van der Waals surface area contributed by atoms with E-state index in [1.165, 1.54) is 0 Å². The largest absolute Gasteiger partial charge is 0.469 e. The minimum absolute atomic E-state index is 0.0336. The first-order chi connectivity index (χ1) is 12.3. The van der Waals surface area contributed by atoms with E-state index in [-0.39, 0.29) is 12.3 Å². The molecule has 0 radical (unpaired) electrons. The summed E-state index contributed by atoms with van der Waals surface area (Å²) in [5.41, 5.74) is 6.39. The summed E-state index contributed by atoms with van der Waals surface area (Å²) in [6.07, 6.45) is 3.49. The molecule has 124 valence electrons. The van der Waals surface area contributed by atoms with Gasteiger partial charge in [0.25, 0.3) is 0 Å². The van der Waals surface area contributed by atoms with Crippen LogP contribution < -0.4 is 10.2 Å². The predicted molar refractivity (Wildman–Crippen MR) is 95.7 cm³/mol. The highest BCUT2D eigenvalue weighted by Crippen LogP contribution is 2.46. The van der Waals surface area contributed by atoms with Crippen LogP contribution in [-0.2, 0) is 0 Å². The molecule has 2 aliphatic rings. The fourth-order valence-electron chi connectivity index (χ4n) is 3.40. The van der Waals surface area contributed by atoms with Crippen molar-refractivity contribution in [3.05, 3.63) is 94.9 Å². The number of nitrogens with one attached hydrogen (secondary N) is 1. The lowest BCUT2D eigenvalue weighted by molar-refractivity contribution is -0.0327. The molecule has 5 rings (SSSR count). The molecule has 3 heterocycles. The molecule has 1 aromatic heterocycles. The highest BCUT2D eigenvalue weighted by molar-refractivity contribution is 6.31. The van der Waals surface area contributed by atoms with Crippen LogP contribution in [-0.4, -0.2) is 5.01 Å². The normalized spacial score (nSPS) is 21.7. The SMILES string of the molecule is Clc1ccccc1[C@@H]1Oc2ccccc2[C@H]2C=C(c3ccco3)NN21. The van der Waals surface area contributed by atoms with E-state index in [0.29, 0.717) is 5.02 Å². The molecular formula is C20H15ClN2O2. The van der Waals surface area contributed by atoms with E-state index in [9.17, 15) is 0 Å². The zero-order valence-electron chi connectivity index (χ0n) is 13.2. The third-order valence-electron chi connectivity index (χ3n) is 4.56. The van der Waals surface area contributed by atoms with E-state index < -0.39 is 0 Å². The van der Waals surface area contributed by atoms with Crippen molar-refractivity contribution in [2.24, 2.45) is 0 Å². The van der Waals surface area contributed by atoms with Crippen LogP contribution in [0, 0.1) is 0 Å². The number of hydrogen-bond acceptors (Lipinski definition) is 4. The Bertz CT molecular complexity index is 952. The van der Waals surface area contributed by atoms with Gasteiger partial charge in [-0.25, -0.2) is 0 Å². The van der Waals surface area contributed by atoms with Gasteiger partial charge in [-0.05, 0) is 30.3 Å². The van der Waals surface area contributed by atoms with Gasteiger partial charge in [0.2, 0.25) is 0 Å². The quantitative estimate of drug-likeness (QED) is 0.711. The first-order valence-electron chi connectivity index (χ1n) is 8.12. The van der Waals surface area contributed by atoms with Crippen LogP contribution in [0.15, 0.2) is 77.4 Å². The summed E-state index contributed by atoms with van der Waals surface area (Å²) in [4.78, 5) is 0. The second-order valence-electron chi connectivity index (χ2n) is 6.05. The average molecular weight is 351 g/mol. The zero-order valence-corrected chi connectivity index (χ0v) is 14.0. The molecule has 4 nitrogen and oxygen atoms in total. The fourth-order valence-corrected chi connectivity index (χ4v) is 3.62. The Kier molecular flexibility index (Phi) is 3.33. The van der Waals surface area contributed by atoms with Gasteiger partial charge in [0.1, 0.15) is 5.75 Å². The van der Waals surface area contributed by atoms with Gasteiger partial charge in [0.05, 0.1) is 18.0 Å². The molecule has 2 atom stereocenters. The van der Waals surface area contributed by atoms with Crippen LogP contribution in [0.3, 0.4) is 0 Å². The average Bonchev–Trinajstić information content (AvgIpc) is 3.31. The van der Waals surface area contributed by atoms with Crippen molar-refractivity contribution in [3.8, 4) is 5.75 Å². The maximum atomic E-state index is 6.44. The minimum atomic E-state index is -0.336. The number of hydrazine groups is 1. The number of ether oxygens (including phenoxy) is 1. The minimum Gasteiger partial charge on any atom is -0.469 e. The molecule has 2 aliphatic heterocycles. The van der Waals surface area contributed by atoms with Gasteiger partial charge in [-0.2, -0.15) is 5.01 Å². The van der Waals surface area contributed by atoms with E-state index in [1.54, 1.807) is 6.26 Å². The lowest BCUT2D eigenvalue weighted by Gasteiger charge is -2.39. The van der Waals surface area contributed by atoms with Crippen LogP contribution >= 0.6 is 11.6 Å². The van der Waals surface area contributed by atoms with Crippen molar-refractivity contribution in [1.29, 1.82) is 0 Å². The maximum absolute atomic E-state index is 6.44. The first-order valence-corrected chi connectivity index (χ1v) is 8.50. The van der Waals surface area contributed by atoms with Gasteiger partial charge in [-0.1, -0.05) is 48.0 Å². The molecule has 0 unspecified atom stereocenters. The maximum Gasteiger partial charge on any atom is 0.197 e. The summed E-state index contributed by atoms with van der Waals surface area (Å²) in [6.45, 7) is 0. The third-order valence-corrected chi connectivity index (χ3v) is 4.90. The lowest BCUT2D eigenvalue weighted by atomic mass is 10.0. The predicted octanol–water partition coefficient (Wildman–Crippen LogP) is 4.93. The molecule has 2 aromatic carbocycles. The first kappa shape index (κ1) is 14.6. The second kappa shape index (κ2) is 5.69. The molecule has 25 heavy (non-hydrogen) atoms. The van der Waals surface area contributed by atoms with Gasteiger partial charge in [0, 0.05) is 16.1 Å². The molecule has 0 amide bonds. The molecular weight excluding hydrogens is 336 g/mol. The van der Waals surface area contributed by atoms with Crippen molar-refractivity contribution in [1.82, 2.24) is 10.4 Å². The Labute approximate surface area is 150 Å². The van der Waals surface area contributed by atoms with Crippen LogP contribution in [0.4, 0.5) is 0 Å². The van der Waals surface area contributed by atoms with E-state index in [1.807, 2.05) is 54.6 Å². The topological polar surface area (TPSA) is 37.6 Å². The Morgan fingerprint density at radius 1 is 0.920 bits per heavy atom. The van der Waals surface area contributed by atoms with Crippen molar-refractivity contribution in [3.63, 3.8) is 0 Å². The second-order valence-corrected chi connectivity index (χ2v) is 6.46. The summed E-state index contributed by atoms with van der Waals surface area (Å²) in [5, 5.41) is 2.75. The number of nitrogens with zero attached hydrogens (tertiary/aromatic N) is 1. The Morgan fingerprint density at radius 3 is 2.52 bits per heavy atom. The molecule has 0 saturated heterocycles. The smallest absolute Gasteiger partial charge is 0.197 e. The lowest BCUT2D eigenvalue weighted by Crippen LogP contribution is -2.43. The molecule has 1 N–H and O–H groups in total. The standard InChI is InChI=1S/C20H15ClN2O2/c21-15-8-3-1-6-13(15)20-23-17(14-7-2-4-9-18(14)25-20)12-16(22-23)19-10-5-11-24-19/h1-12,17,20,22H/t17-,20+/m1/s1. The van der Waals surface area contributed by atoms with E-state index in [0.717, 1.165) is 28.3 Å². The van der Waals surface area contributed by atoms with E-state index in [2.05, 4.69) is 22.6 Å². The Hall–Kier alpha value is -2.69. The van der Waals surface area contributed by atoms with Gasteiger partial charge in [-0.15, -0.1) is 0 Å². The number of hydrogen-bond donors (Lipinski definition) is 1. The van der Waals surface area contributed by atoms with Crippen molar-refractivity contribution < 1.29 is 9.15 Å². The van der Waals surface area contributed by atoms with Crippen LogP contribution in [0.5, 0.6) is 5.75 Å². The summed E-state index contributed by atoms with van der Waals surface area (Å²) < 4.78 is 11.8. The summed E-state index contributed by atoms with van der Waals surface area (Å²) >= 11 is 6.44. The molecule has 0 fully saturated rings. The highest BCUT2D eigenvalue weighted by atomic mass is 35.5. The molecule has 0 saturated carbocycles. The van der Waals surface area contributed by atoms with Gasteiger partial charge in [-0.3, -0.25) is 0 Å². The number of rotatable bonds is 2. The molecule has 0 aliphatic carbocycles. The van der Waals surface area contributed by atoms with Crippen molar-refractivity contribution in [2.45, 2.75) is 12.3 Å². The molecule has 0 bridgehead atoms. The molecule has 5 heteroatoms. The third kappa shape index (κ3) is 2.34. The van der Waals surface area contributed by atoms with Crippen LogP contribution in [0.1, 0.15) is 29.2 Å². The summed E-state index contributed by atoms with van der Waals surface area (Å²) in [7, 11) is 0. The monoisotopic (exact) mass is 350 g/mol. The Balaban J connectivity index is 1.62. The van der Waals surface area contributed by atoms with E-state index >= 15 is 0 Å². The number of halogens is 1. The summed E-state index contributed by atoms with van der Waals surface area (Å²) in [5.74, 6) is 1.66. The van der Waals surface area contributed by atoms with Crippen LogP contribution in [0.25, 0.3) is 5.70 Å². The Morgan fingerprint density at radius 2 is 1.72 bits per heavy atom. The van der Waals surface area contributed by atoms with Gasteiger partial charge < -0.3 is 14.6 Å². The van der Waals surface area contributed by atoms with Gasteiger partial charge in [0.15, 0.2) is 12.0 Å². The van der Waals surface area contributed by atoms with E-state index in [4.69, 9.17) is 20.8 Å². The number of benzene rings is 2. The van der Waals surface area contributed by atoms with Crippen LogP contribution in [0.2, 0.25) is 5.02 Å². The highest BCUT2D eigenvalue weighted by Gasteiger charge is 2.41. The number of para-hydroxylation sites is 1. The van der Waals surface area contributed by atoms with Crippen molar-refractivity contribution in [2.75, 3.05) is 0 Å².